The molecule has 0 spiro atoms. The zero-order valence-electron chi connectivity index (χ0n) is 15.7. The Balaban J connectivity index is 1.69. The van der Waals surface area contributed by atoms with Gasteiger partial charge in [0.2, 0.25) is 15.9 Å². The summed E-state index contributed by atoms with van der Waals surface area (Å²) in [7, 11) is -3.88. The van der Waals surface area contributed by atoms with Crippen molar-refractivity contribution in [1.29, 1.82) is 0 Å². The predicted octanol–water partition coefficient (Wildman–Crippen LogP) is 2.93. The first kappa shape index (κ1) is 20.5. The molecule has 0 aliphatic rings. The molecule has 8 heteroatoms. The highest BCUT2D eigenvalue weighted by Crippen LogP contribution is 2.19. The molecule has 0 aliphatic heterocycles. The van der Waals surface area contributed by atoms with Gasteiger partial charge in [0, 0.05) is 0 Å². The molecule has 0 saturated heterocycles. The van der Waals surface area contributed by atoms with Crippen LogP contribution >= 0.6 is 0 Å². The van der Waals surface area contributed by atoms with Crippen molar-refractivity contribution in [3.63, 3.8) is 0 Å². The van der Waals surface area contributed by atoms with Gasteiger partial charge in [-0.25, -0.2) is 17.9 Å². The molecule has 7 nitrogen and oxygen atoms in total. The molecule has 0 aliphatic carbocycles. The summed E-state index contributed by atoms with van der Waals surface area (Å²) in [5.41, 5.74) is 0.445. The van der Waals surface area contributed by atoms with Crippen LogP contribution in [-0.2, 0) is 19.6 Å². The topological polar surface area (TPSA) is 102 Å². The Hall–Kier alpha value is -3.23. The Bertz CT molecular complexity index is 1160. The van der Waals surface area contributed by atoms with E-state index in [2.05, 4.69) is 10.0 Å². The van der Waals surface area contributed by atoms with E-state index in [0.717, 1.165) is 10.8 Å². The van der Waals surface area contributed by atoms with Crippen molar-refractivity contribution in [2.75, 3.05) is 18.5 Å². The summed E-state index contributed by atoms with van der Waals surface area (Å²) in [6.07, 6.45) is 0. The molecule has 0 bridgehead atoms. The number of para-hydroxylation sites is 1. The van der Waals surface area contributed by atoms with Gasteiger partial charge in [0.1, 0.15) is 0 Å². The second-order valence-corrected chi connectivity index (χ2v) is 7.91. The van der Waals surface area contributed by atoms with E-state index in [1.54, 1.807) is 37.3 Å². The lowest BCUT2D eigenvalue weighted by Crippen LogP contribution is -2.33. The zero-order chi connectivity index (χ0) is 20.9. The molecule has 150 valence electrons. The number of ether oxygens (including phenoxy) is 1. The highest BCUT2D eigenvalue weighted by molar-refractivity contribution is 7.89. The maximum atomic E-state index is 12.5. The summed E-state index contributed by atoms with van der Waals surface area (Å²) in [6.45, 7) is 1.40. The van der Waals surface area contributed by atoms with Crippen LogP contribution in [0.3, 0.4) is 0 Å². The lowest BCUT2D eigenvalue weighted by atomic mass is 10.1. The predicted molar refractivity (Wildman–Crippen MR) is 110 cm³/mol. The average molecular weight is 412 g/mol. The molecule has 3 rings (SSSR count). The van der Waals surface area contributed by atoms with Gasteiger partial charge in [0.25, 0.3) is 0 Å². The molecule has 29 heavy (non-hydrogen) atoms. The Kier molecular flexibility index (Phi) is 6.26. The lowest BCUT2D eigenvalue weighted by Gasteiger charge is -2.11. The first-order valence-electron chi connectivity index (χ1n) is 8.95. The fourth-order valence-electron chi connectivity index (χ4n) is 2.75. The van der Waals surface area contributed by atoms with E-state index < -0.39 is 28.4 Å². The van der Waals surface area contributed by atoms with Crippen molar-refractivity contribution in [3.05, 3.63) is 72.3 Å². The van der Waals surface area contributed by atoms with Crippen LogP contribution in [0.2, 0.25) is 0 Å². The number of fused-ring (bicyclic) bond motifs is 1. The number of amides is 1. The summed E-state index contributed by atoms with van der Waals surface area (Å²) in [5.74, 6) is -1.17. The summed E-state index contributed by atoms with van der Waals surface area (Å²) in [5, 5.41) is 4.23. The van der Waals surface area contributed by atoms with Crippen LogP contribution in [-0.4, -0.2) is 33.4 Å². The maximum Gasteiger partial charge on any atom is 0.340 e. The van der Waals surface area contributed by atoms with Crippen LogP contribution in [0, 0.1) is 0 Å². The lowest BCUT2D eigenvalue weighted by molar-refractivity contribution is -0.115. The summed E-state index contributed by atoms with van der Waals surface area (Å²) in [6, 6.07) is 18.5. The van der Waals surface area contributed by atoms with E-state index in [4.69, 9.17) is 4.74 Å². The molecule has 0 fully saturated rings. The van der Waals surface area contributed by atoms with E-state index in [-0.39, 0.29) is 22.8 Å². The van der Waals surface area contributed by atoms with E-state index >= 15 is 0 Å². The third-order valence-corrected chi connectivity index (χ3v) is 5.55. The number of esters is 1. The van der Waals surface area contributed by atoms with E-state index in [1.807, 2.05) is 24.3 Å². The number of rotatable bonds is 7. The highest BCUT2D eigenvalue weighted by atomic mass is 32.2. The number of sulfonamides is 1. The monoisotopic (exact) mass is 412 g/mol. The number of carbonyl (C=O) groups excluding carboxylic acids is 2. The number of benzene rings is 3. The van der Waals surface area contributed by atoms with Gasteiger partial charge in [0.05, 0.1) is 29.3 Å². The van der Waals surface area contributed by atoms with E-state index in [0.29, 0.717) is 0 Å². The molecular formula is C21H20N2O5S. The minimum Gasteiger partial charge on any atom is -0.462 e. The van der Waals surface area contributed by atoms with Crippen LogP contribution in [0.15, 0.2) is 71.6 Å². The fourth-order valence-corrected chi connectivity index (χ4v) is 3.77. The molecule has 3 aromatic carbocycles. The first-order chi connectivity index (χ1) is 13.9. The molecule has 1 amide bonds. The van der Waals surface area contributed by atoms with Crippen molar-refractivity contribution < 1.29 is 22.7 Å². The van der Waals surface area contributed by atoms with Crippen molar-refractivity contribution >= 4 is 38.4 Å². The van der Waals surface area contributed by atoms with Crippen molar-refractivity contribution in [2.24, 2.45) is 0 Å². The largest absolute Gasteiger partial charge is 0.462 e. The number of anilines is 1. The maximum absolute atomic E-state index is 12.5. The number of hydrogen-bond acceptors (Lipinski definition) is 5. The van der Waals surface area contributed by atoms with Gasteiger partial charge in [-0.2, -0.15) is 0 Å². The molecule has 0 saturated carbocycles. The SMILES string of the molecule is CCOC(=O)c1ccccc1NC(=O)CNS(=O)(=O)c1ccc2ccccc2c1. The Labute approximate surface area is 168 Å². The Morgan fingerprint density at radius 1 is 0.931 bits per heavy atom. The normalized spacial score (nSPS) is 11.2. The molecule has 0 aromatic heterocycles. The highest BCUT2D eigenvalue weighted by Gasteiger charge is 2.18. The van der Waals surface area contributed by atoms with E-state index in [9.17, 15) is 18.0 Å². The van der Waals surface area contributed by atoms with Crippen LogP contribution < -0.4 is 10.0 Å². The molecule has 0 atom stereocenters. The number of hydrogen-bond donors (Lipinski definition) is 2. The third-order valence-electron chi connectivity index (χ3n) is 4.15. The Morgan fingerprint density at radius 3 is 2.38 bits per heavy atom. The molecular weight excluding hydrogens is 392 g/mol. The molecule has 0 heterocycles. The van der Waals surface area contributed by atoms with Crippen LogP contribution in [0.5, 0.6) is 0 Å². The van der Waals surface area contributed by atoms with Gasteiger partial charge in [-0.15, -0.1) is 0 Å². The van der Waals surface area contributed by atoms with Gasteiger partial charge in [0.15, 0.2) is 0 Å². The van der Waals surface area contributed by atoms with Crippen molar-refractivity contribution in [2.45, 2.75) is 11.8 Å². The molecule has 2 N–H and O–H groups in total. The zero-order valence-corrected chi connectivity index (χ0v) is 16.5. The minimum atomic E-state index is -3.88. The summed E-state index contributed by atoms with van der Waals surface area (Å²) in [4.78, 5) is 24.3. The first-order valence-corrected chi connectivity index (χ1v) is 10.4. The van der Waals surface area contributed by atoms with E-state index in [1.165, 1.54) is 12.1 Å². The van der Waals surface area contributed by atoms with Gasteiger partial charge >= 0.3 is 5.97 Å². The van der Waals surface area contributed by atoms with Crippen molar-refractivity contribution in [3.8, 4) is 0 Å². The number of nitrogens with one attached hydrogen (secondary N) is 2. The smallest absolute Gasteiger partial charge is 0.340 e. The Morgan fingerprint density at radius 2 is 1.62 bits per heavy atom. The van der Waals surface area contributed by atoms with Gasteiger partial charge < -0.3 is 10.1 Å². The quantitative estimate of drug-likeness (QED) is 0.581. The van der Waals surface area contributed by atoms with Gasteiger partial charge in [-0.3, -0.25) is 4.79 Å². The number of carbonyl (C=O) groups is 2. The second-order valence-electron chi connectivity index (χ2n) is 6.15. The average Bonchev–Trinajstić information content (AvgIpc) is 2.72. The molecule has 3 aromatic rings. The molecule has 0 radical (unpaired) electrons. The summed E-state index contributed by atoms with van der Waals surface area (Å²) < 4.78 is 32.3. The fraction of sp³-hybridized carbons (Fsp3) is 0.143. The van der Waals surface area contributed by atoms with Crippen LogP contribution in [0.1, 0.15) is 17.3 Å². The second kappa shape index (κ2) is 8.85. The van der Waals surface area contributed by atoms with Crippen molar-refractivity contribution in [1.82, 2.24) is 4.72 Å². The van der Waals surface area contributed by atoms with Crippen LogP contribution in [0.4, 0.5) is 5.69 Å². The van der Waals surface area contributed by atoms with Gasteiger partial charge in [-0.1, -0.05) is 42.5 Å². The third kappa shape index (κ3) is 4.98. The molecule has 0 unspecified atom stereocenters. The summed E-state index contributed by atoms with van der Waals surface area (Å²) >= 11 is 0. The standard InChI is InChI=1S/C21H20N2O5S/c1-2-28-21(25)18-9-5-6-10-19(18)23-20(24)14-22-29(26,27)17-12-11-15-7-3-4-8-16(15)13-17/h3-13,22H,2,14H2,1H3,(H,23,24). The van der Waals surface area contributed by atoms with Gasteiger partial charge in [-0.05, 0) is 42.0 Å². The van der Waals surface area contributed by atoms with Crippen LogP contribution in [0.25, 0.3) is 10.8 Å². The minimum absolute atomic E-state index is 0.0657.